The topological polar surface area (TPSA) is 114 Å². The highest BCUT2D eigenvalue weighted by Gasteiger charge is 2.33. The lowest BCUT2D eigenvalue weighted by molar-refractivity contribution is 0.103. The van der Waals surface area contributed by atoms with Crippen molar-refractivity contribution in [2.45, 2.75) is 31.5 Å². The van der Waals surface area contributed by atoms with Crippen LogP contribution in [-0.2, 0) is 10.2 Å². The fourth-order valence-corrected chi connectivity index (χ4v) is 8.10. The number of rotatable bonds is 8. The Hall–Kier alpha value is -3.98. The quantitative estimate of drug-likeness (QED) is 0.240. The predicted octanol–water partition coefficient (Wildman–Crippen LogP) is 4.31. The number of nitrogens with zero attached hydrogens (tertiary/aromatic N) is 4. The standard InChI is InChI=1S/C33H36F3N7O3S/c34-23-7-14-43(20-23)47(45,46)40-29-6-5-28(35)30(31(29)36)32(44)27-19-39-33-26(27)17-22(18-38-33)21-1-3-24(4-2-21)41-12-8-25(9-13-41)42-15-10-37-11-16-42/h1-6,17-19,23,25,37,40H,7-16,20H2,(H,38,39). The molecule has 4 aromatic rings. The number of carbonyl (C=O) groups is 1. The molecule has 10 nitrogen and oxygen atoms in total. The molecule has 3 aliphatic heterocycles. The van der Waals surface area contributed by atoms with Crippen molar-refractivity contribution >= 4 is 38.4 Å². The van der Waals surface area contributed by atoms with E-state index in [0.717, 1.165) is 79.8 Å². The molecule has 5 heterocycles. The molecule has 3 saturated heterocycles. The van der Waals surface area contributed by atoms with Crippen LogP contribution in [0.5, 0.6) is 0 Å². The molecule has 2 aromatic carbocycles. The van der Waals surface area contributed by atoms with Crippen molar-refractivity contribution in [2.24, 2.45) is 0 Å². The highest BCUT2D eigenvalue weighted by atomic mass is 32.2. The largest absolute Gasteiger partial charge is 0.371 e. The van der Waals surface area contributed by atoms with Gasteiger partial charge in [-0.15, -0.1) is 0 Å². The van der Waals surface area contributed by atoms with Crippen LogP contribution >= 0.6 is 0 Å². The Morgan fingerprint density at radius 3 is 2.38 bits per heavy atom. The smallest absolute Gasteiger partial charge is 0.301 e. The molecule has 3 fully saturated rings. The maximum absolute atomic E-state index is 15.6. The molecule has 1 unspecified atom stereocenters. The number of hydrogen-bond acceptors (Lipinski definition) is 7. The van der Waals surface area contributed by atoms with E-state index >= 15 is 4.39 Å². The van der Waals surface area contributed by atoms with E-state index < -0.39 is 45.0 Å². The van der Waals surface area contributed by atoms with Crippen LogP contribution < -0.4 is 14.9 Å². The Bertz CT molecular complexity index is 1890. The van der Waals surface area contributed by atoms with Gasteiger partial charge in [-0.2, -0.15) is 12.7 Å². The molecule has 248 valence electrons. The zero-order chi connectivity index (χ0) is 32.7. The van der Waals surface area contributed by atoms with Gasteiger partial charge in [-0.05, 0) is 55.2 Å². The molecule has 0 bridgehead atoms. The number of nitrogens with one attached hydrogen (secondary N) is 3. The Morgan fingerprint density at radius 2 is 1.68 bits per heavy atom. The highest BCUT2D eigenvalue weighted by molar-refractivity contribution is 7.90. The van der Waals surface area contributed by atoms with E-state index in [0.29, 0.717) is 22.6 Å². The minimum Gasteiger partial charge on any atom is -0.371 e. The molecule has 3 aliphatic rings. The summed E-state index contributed by atoms with van der Waals surface area (Å²) in [6.07, 6.45) is 3.94. The zero-order valence-corrected chi connectivity index (χ0v) is 26.5. The number of piperidine rings is 1. The number of anilines is 2. The van der Waals surface area contributed by atoms with Gasteiger partial charge < -0.3 is 15.2 Å². The number of alkyl halides is 1. The monoisotopic (exact) mass is 667 g/mol. The Kier molecular flexibility index (Phi) is 8.68. The van der Waals surface area contributed by atoms with Gasteiger partial charge in [-0.1, -0.05) is 12.1 Å². The second kappa shape index (κ2) is 12.9. The first kappa shape index (κ1) is 31.6. The van der Waals surface area contributed by atoms with Gasteiger partial charge in [0.25, 0.3) is 0 Å². The van der Waals surface area contributed by atoms with Gasteiger partial charge in [0.2, 0.25) is 5.78 Å². The lowest BCUT2D eigenvalue weighted by Gasteiger charge is -2.41. The number of hydrogen-bond donors (Lipinski definition) is 3. The van der Waals surface area contributed by atoms with Gasteiger partial charge in [0, 0.05) is 93.0 Å². The van der Waals surface area contributed by atoms with Crippen molar-refractivity contribution < 1.29 is 26.4 Å². The Balaban J connectivity index is 1.09. The van der Waals surface area contributed by atoms with E-state index in [2.05, 4.69) is 37.2 Å². The molecular formula is C33H36F3N7O3S. The van der Waals surface area contributed by atoms with Crippen molar-refractivity contribution in [3.63, 3.8) is 0 Å². The van der Waals surface area contributed by atoms with E-state index in [4.69, 9.17) is 0 Å². The van der Waals surface area contributed by atoms with Crippen LogP contribution in [0, 0.1) is 11.6 Å². The average molecular weight is 668 g/mol. The summed E-state index contributed by atoms with van der Waals surface area (Å²) >= 11 is 0. The van der Waals surface area contributed by atoms with Crippen molar-refractivity contribution in [3.8, 4) is 11.1 Å². The second-order valence-corrected chi connectivity index (χ2v) is 14.0. The normalized spacial score (nSPS) is 20.2. The number of halogens is 3. The number of piperazine rings is 1. The number of aromatic amines is 1. The summed E-state index contributed by atoms with van der Waals surface area (Å²) in [5, 5.41) is 3.78. The fourth-order valence-electron chi connectivity index (χ4n) is 6.83. The van der Waals surface area contributed by atoms with Crippen LogP contribution in [0.1, 0.15) is 35.2 Å². The van der Waals surface area contributed by atoms with Crippen molar-refractivity contribution in [1.82, 2.24) is 24.5 Å². The number of pyridine rings is 1. The third-order valence-corrected chi connectivity index (χ3v) is 11.0. The van der Waals surface area contributed by atoms with Gasteiger partial charge in [-0.3, -0.25) is 14.4 Å². The first-order valence-corrected chi connectivity index (χ1v) is 17.3. The Morgan fingerprint density at radius 1 is 0.936 bits per heavy atom. The zero-order valence-electron chi connectivity index (χ0n) is 25.7. The van der Waals surface area contributed by atoms with E-state index in [1.54, 1.807) is 12.3 Å². The number of aromatic nitrogens is 2. The molecule has 2 aromatic heterocycles. The molecular weight excluding hydrogens is 631 g/mol. The number of benzene rings is 2. The summed E-state index contributed by atoms with van der Waals surface area (Å²) in [5.74, 6) is -3.48. The molecule has 1 atom stereocenters. The SMILES string of the molecule is O=C(c1c(F)ccc(NS(=O)(=O)N2CCC(F)C2)c1F)c1c[nH]c2ncc(-c3ccc(N4CCC(N5CCNCC5)CC4)cc3)cc12. The fraction of sp³-hybridized carbons (Fsp3) is 0.394. The van der Waals surface area contributed by atoms with Gasteiger partial charge in [0.15, 0.2) is 5.82 Å². The summed E-state index contributed by atoms with van der Waals surface area (Å²) in [6.45, 7) is 5.84. The molecule has 7 rings (SSSR count). The second-order valence-electron chi connectivity index (χ2n) is 12.3. The van der Waals surface area contributed by atoms with Gasteiger partial charge in [0.05, 0.1) is 11.3 Å². The molecule has 0 saturated carbocycles. The highest BCUT2D eigenvalue weighted by Crippen LogP contribution is 2.32. The number of fused-ring (bicyclic) bond motifs is 1. The van der Waals surface area contributed by atoms with Crippen LogP contribution in [0.25, 0.3) is 22.2 Å². The van der Waals surface area contributed by atoms with E-state index in [9.17, 15) is 22.0 Å². The third kappa shape index (κ3) is 6.34. The van der Waals surface area contributed by atoms with Crippen molar-refractivity contribution in [2.75, 3.05) is 62.0 Å². The minimum absolute atomic E-state index is 0.0176. The molecule has 14 heteroatoms. The first-order valence-electron chi connectivity index (χ1n) is 15.9. The number of ketones is 1. The van der Waals surface area contributed by atoms with Crippen LogP contribution in [0.3, 0.4) is 0 Å². The van der Waals surface area contributed by atoms with Crippen LogP contribution in [0.15, 0.2) is 54.9 Å². The molecule has 47 heavy (non-hydrogen) atoms. The number of carbonyl (C=O) groups excluding carboxylic acids is 1. The van der Waals surface area contributed by atoms with Gasteiger partial charge in [0.1, 0.15) is 17.6 Å². The van der Waals surface area contributed by atoms with Crippen LogP contribution in [-0.4, -0.2) is 97.9 Å². The van der Waals surface area contributed by atoms with E-state index in [-0.39, 0.29) is 25.1 Å². The maximum Gasteiger partial charge on any atom is 0.301 e. The summed E-state index contributed by atoms with van der Waals surface area (Å²) in [7, 11) is -4.32. The van der Waals surface area contributed by atoms with E-state index in [1.165, 1.54) is 6.20 Å². The number of H-pyrrole nitrogens is 1. The summed E-state index contributed by atoms with van der Waals surface area (Å²) in [4.78, 5) is 25.9. The van der Waals surface area contributed by atoms with Crippen molar-refractivity contribution in [1.29, 1.82) is 0 Å². The lowest BCUT2D eigenvalue weighted by Crippen LogP contribution is -2.52. The minimum atomic E-state index is -4.32. The summed E-state index contributed by atoms with van der Waals surface area (Å²) in [6, 6.07) is 12.2. The lowest BCUT2D eigenvalue weighted by atomic mass is 9.99. The molecule has 0 aliphatic carbocycles. The molecule has 3 N–H and O–H groups in total. The first-order chi connectivity index (χ1) is 22.7. The van der Waals surface area contributed by atoms with Gasteiger partial charge in [-0.25, -0.2) is 18.2 Å². The van der Waals surface area contributed by atoms with Crippen LogP contribution in [0.2, 0.25) is 0 Å². The van der Waals surface area contributed by atoms with E-state index in [1.807, 2.05) is 16.9 Å². The molecule has 0 amide bonds. The average Bonchev–Trinajstić information content (AvgIpc) is 3.73. The third-order valence-electron chi connectivity index (χ3n) is 9.46. The van der Waals surface area contributed by atoms with Gasteiger partial charge >= 0.3 is 10.2 Å². The van der Waals surface area contributed by atoms with Crippen molar-refractivity contribution in [3.05, 3.63) is 77.6 Å². The summed E-state index contributed by atoms with van der Waals surface area (Å²) in [5.41, 5.74) is 1.54. The predicted molar refractivity (Wildman–Crippen MR) is 175 cm³/mol. The molecule has 0 spiro atoms. The maximum atomic E-state index is 15.6. The summed E-state index contributed by atoms with van der Waals surface area (Å²) < 4.78 is 72.5. The van der Waals surface area contributed by atoms with Crippen LogP contribution in [0.4, 0.5) is 24.5 Å². The molecule has 0 radical (unpaired) electrons. The Labute approximate surface area is 271 Å².